The predicted octanol–water partition coefficient (Wildman–Crippen LogP) is 0.584. The molecule has 1 heterocycles. The minimum Gasteiger partial charge on any atom is -0.482 e. The Labute approximate surface area is 128 Å². The number of alkyl halides is 1. The van der Waals surface area contributed by atoms with Crippen LogP contribution < -0.4 is 10.1 Å². The van der Waals surface area contributed by atoms with Gasteiger partial charge in [0.15, 0.2) is 6.61 Å². The van der Waals surface area contributed by atoms with Crippen molar-refractivity contribution in [1.82, 2.24) is 4.90 Å². The molecule has 1 aliphatic heterocycles. The lowest BCUT2D eigenvalue weighted by atomic mass is 10.1. The molecule has 3 N–H and O–H groups in total. The van der Waals surface area contributed by atoms with Gasteiger partial charge in [-0.2, -0.15) is 0 Å². The van der Waals surface area contributed by atoms with Crippen LogP contribution in [0.25, 0.3) is 0 Å². The number of halogens is 1. The summed E-state index contributed by atoms with van der Waals surface area (Å²) in [6.07, 6.45) is 0. The van der Waals surface area contributed by atoms with Crippen molar-refractivity contribution in [2.24, 2.45) is 0 Å². The van der Waals surface area contributed by atoms with Crippen molar-refractivity contribution in [1.29, 1.82) is 0 Å². The summed E-state index contributed by atoms with van der Waals surface area (Å²) in [6, 6.07) is 5.42. The number of aliphatic hydroxyl groups is 2. The Bertz CT molecular complexity index is 492. The number of hydrogen-bond acceptors (Lipinski definition) is 5. The van der Waals surface area contributed by atoms with Gasteiger partial charge in [0.25, 0.3) is 5.91 Å². The summed E-state index contributed by atoms with van der Waals surface area (Å²) in [4.78, 5) is 13.2. The van der Waals surface area contributed by atoms with Crippen molar-refractivity contribution in [3.8, 4) is 5.75 Å². The first-order valence-corrected chi connectivity index (χ1v) is 7.22. The van der Waals surface area contributed by atoms with Gasteiger partial charge >= 0.3 is 0 Å². The fraction of sp³-hybridized carbons (Fsp3) is 0.500. The number of hydrogen-bond donors (Lipinski definition) is 3. The third kappa shape index (κ3) is 4.31. The van der Waals surface area contributed by atoms with Crippen LogP contribution >= 0.6 is 11.6 Å². The summed E-state index contributed by atoms with van der Waals surface area (Å²) in [5.74, 6) is 0.442. The molecule has 0 bridgehead atoms. The maximum absolute atomic E-state index is 11.3. The standard InChI is InChI=1S/C14H19ClN2O4/c15-11(8-17(3-5-18)4-6-19)10-1-2-13-12(7-10)16-14(20)9-21-13/h1-2,7,11,18-19H,3-6,8-9H2,(H,16,20). The van der Waals surface area contributed by atoms with Crippen LogP contribution in [0.4, 0.5) is 5.69 Å². The van der Waals surface area contributed by atoms with Crippen LogP contribution in [0.1, 0.15) is 10.9 Å². The molecule has 0 radical (unpaired) electrons. The molecule has 21 heavy (non-hydrogen) atoms. The van der Waals surface area contributed by atoms with E-state index in [1.54, 1.807) is 12.1 Å². The highest BCUT2D eigenvalue weighted by atomic mass is 35.5. The summed E-state index contributed by atoms with van der Waals surface area (Å²) in [7, 11) is 0. The smallest absolute Gasteiger partial charge is 0.262 e. The molecule has 2 rings (SSSR count). The maximum Gasteiger partial charge on any atom is 0.262 e. The molecule has 7 heteroatoms. The second-order valence-electron chi connectivity index (χ2n) is 4.81. The molecule has 6 nitrogen and oxygen atoms in total. The molecular formula is C14H19ClN2O4. The topological polar surface area (TPSA) is 82.0 Å². The van der Waals surface area contributed by atoms with E-state index in [1.165, 1.54) is 0 Å². The van der Waals surface area contributed by atoms with E-state index in [0.29, 0.717) is 31.1 Å². The molecule has 0 aliphatic carbocycles. The summed E-state index contributed by atoms with van der Waals surface area (Å²) < 4.78 is 5.30. The zero-order valence-corrected chi connectivity index (χ0v) is 12.3. The molecule has 0 fully saturated rings. The van der Waals surface area contributed by atoms with Gasteiger partial charge in [0.05, 0.1) is 24.3 Å². The molecule has 1 aliphatic rings. The molecule has 1 aromatic carbocycles. The molecular weight excluding hydrogens is 296 g/mol. The average Bonchev–Trinajstić information content (AvgIpc) is 2.47. The number of fused-ring (bicyclic) bond motifs is 1. The molecule has 1 atom stereocenters. The maximum atomic E-state index is 11.3. The molecule has 0 saturated heterocycles. The first kappa shape index (κ1) is 16.0. The number of ether oxygens (including phenoxy) is 1. The largest absolute Gasteiger partial charge is 0.482 e. The number of nitrogens with one attached hydrogen (secondary N) is 1. The minimum atomic E-state index is -0.313. The Morgan fingerprint density at radius 3 is 2.71 bits per heavy atom. The highest BCUT2D eigenvalue weighted by molar-refractivity contribution is 6.21. The van der Waals surface area contributed by atoms with E-state index in [-0.39, 0.29) is 31.1 Å². The number of rotatable bonds is 7. The number of amides is 1. The third-order valence-corrected chi connectivity index (χ3v) is 3.64. The van der Waals surface area contributed by atoms with Gasteiger partial charge in [0, 0.05) is 19.6 Å². The van der Waals surface area contributed by atoms with Crippen LogP contribution in [0.3, 0.4) is 0 Å². The Kier molecular flexibility index (Phi) is 5.81. The number of nitrogens with zero attached hydrogens (tertiary/aromatic N) is 1. The average molecular weight is 315 g/mol. The summed E-state index contributed by atoms with van der Waals surface area (Å²) in [5.41, 5.74) is 1.47. The number of anilines is 1. The van der Waals surface area contributed by atoms with E-state index >= 15 is 0 Å². The quantitative estimate of drug-likeness (QED) is 0.642. The zero-order chi connectivity index (χ0) is 15.2. The number of carbonyl (C=O) groups excluding carboxylic acids is 1. The lowest BCUT2D eigenvalue weighted by Gasteiger charge is -2.24. The van der Waals surface area contributed by atoms with E-state index < -0.39 is 0 Å². The Hall–Kier alpha value is -1.34. The van der Waals surface area contributed by atoms with Gasteiger partial charge in [0.2, 0.25) is 0 Å². The van der Waals surface area contributed by atoms with Gasteiger partial charge < -0.3 is 20.3 Å². The van der Waals surface area contributed by atoms with Crippen LogP contribution in [0.15, 0.2) is 18.2 Å². The van der Waals surface area contributed by atoms with Gasteiger partial charge in [-0.1, -0.05) is 6.07 Å². The molecule has 1 unspecified atom stereocenters. The summed E-state index contributed by atoms with van der Waals surface area (Å²) in [5, 5.41) is 20.4. The van der Waals surface area contributed by atoms with Crippen LogP contribution in [0, 0.1) is 0 Å². The lowest BCUT2D eigenvalue weighted by Crippen LogP contribution is -2.32. The number of aliphatic hydroxyl groups excluding tert-OH is 2. The van der Waals surface area contributed by atoms with Gasteiger partial charge in [-0.25, -0.2) is 0 Å². The Balaban J connectivity index is 2.06. The van der Waals surface area contributed by atoms with E-state index in [9.17, 15) is 4.79 Å². The van der Waals surface area contributed by atoms with Crippen molar-refractivity contribution in [2.75, 3.05) is 44.8 Å². The van der Waals surface area contributed by atoms with E-state index in [4.69, 9.17) is 26.6 Å². The Morgan fingerprint density at radius 1 is 1.33 bits per heavy atom. The molecule has 1 amide bonds. The lowest BCUT2D eigenvalue weighted by molar-refractivity contribution is -0.118. The van der Waals surface area contributed by atoms with Crippen LogP contribution in [0.5, 0.6) is 5.75 Å². The van der Waals surface area contributed by atoms with Crippen molar-refractivity contribution < 1.29 is 19.7 Å². The summed E-state index contributed by atoms with van der Waals surface area (Å²) >= 11 is 6.39. The SMILES string of the molecule is O=C1COc2ccc(C(Cl)CN(CCO)CCO)cc2N1. The van der Waals surface area contributed by atoms with E-state index in [1.807, 2.05) is 11.0 Å². The van der Waals surface area contributed by atoms with Crippen LogP contribution in [0.2, 0.25) is 0 Å². The minimum absolute atomic E-state index is 0.0116. The van der Waals surface area contributed by atoms with Crippen LogP contribution in [-0.4, -0.2) is 60.5 Å². The van der Waals surface area contributed by atoms with Crippen molar-refractivity contribution >= 4 is 23.2 Å². The molecule has 116 valence electrons. The highest BCUT2D eigenvalue weighted by Crippen LogP contribution is 2.32. The fourth-order valence-electron chi connectivity index (χ4n) is 2.20. The number of carbonyl (C=O) groups is 1. The van der Waals surface area contributed by atoms with Gasteiger partial charge in [-0.3, -0.25) is 9.69 Å². The zero-order valence-electron chi connectivity index (χ0n) is 11.6. The van der Waals surface area contributed by atoms with Crippen LogP contribution in [-0.2, 0) is 4.79 Å². The van der Waals surface area contributed by atoms with Crippen molar-refractivity contribution in [3.63, 3.8) is 0 Å². The molecule has 0 saturated carbocycles. The van der Waals surface area contributed by atoms with Crippen molar-refractivity contribution in [3.05, 3.63) is 23.8 Å². The van der Waals surface area contributed by atoms with Crippen molar-refractivity contribution in [2.45, 2.75) is 5.38 Å². The first-order chi connectivity index (χ1) is 10.1. The van der Waals surface area contributed by atoms with Gasteiger partial charge in [-0.05, 0) is 17.7 Å². The summed E-state index contributed by atoms with van der Waals surface area (Å²) in [6.45, 7) is 1.45. The highest BCUT2D eigenvalue weighted by Gasteiger charge is 2.19. The Morgan fingerprint density at radius 2 is 2.05 bits per heavy atom. The van der Waals surface area contributed by atoms with E-state index in [2.05, 4.69) is 5.32 Å². The second-order valence-corrected chi connectivity index (χ2v) is 5.33. The first-order valence-electron chi connectivity index (χ1n) is 6.78. The molecule has 1 aromatic rings. The van der Waals surface area contributed by atoms with E-state index in [0.717, 1.165) is 5.56 Å². The monoisotopic (exact) mass is 314 g/mol. The fourth-order valence-corrected chi connectivity index (χ4v) is 2.54. The van der Waals surface area contributed by atoms with Gasteiger partial charge in [-0.15, -0.1) is 11.6 Å². The molecule has 0 spiro atoms. The predicted molar refractivity (Wildman–Crippen MR) is 79.8 cm³/mol. The molecule has 0 aromatic heterocycles. The number of benzene rings is 1. The third-order valence-electron chi connectivity index (χ3n) is 3.25. The normalized spacial score (nSPS) is 15.3. The van der Waals surface area contributed by atoms with Gasteiger partial charge in [0.1, 0.15) is 5.75 Å². The second kappa shape index (κ2) is 7.61.